The van der Waals surface area contributed by atoms with Crippen LogP contribution in [0.25, 0.3) is 16.8 Å². The predicted molar refractivity (Wildman–Crippen MR) is 140 cm³/mol. The molecule has 1 heterocycles. The van der Waals surface area contributed by atoms with E-state index in [4.69, 9.17) is 16.3 Å². The Morgan fingerprint density at radius 1 is 0.973 bits per heavy atom. The first kappa shape index (κ1) is 24.2. The highest BCUT2D eigenvalue weighted by Crippen LogP contribution is 2.33. The third-order valence-electron chi connectivity index (χ3n) is 6.08. The second-order valence-electron chi connectivity index (χ2n) is 8.46. The van der Waals surface area contributed by atoms with E-state index in [1.807, 2.05) is 30.3 Å². The molecule has 0 spiro atoms. The summed E-state index contributed by atoms with van der Waals surface area (Å²) in [5.41, 5.74) is 1.64. The first-order valence-corrected chi connectivity index (χ1v) is 11.8. The van der Waals surface area contributed by atoms with Gasteiger partial charge < -0.3 is 4.74 Å². The summed E-state index contributed by atoms with van der Waals surface area (Å²) in [7, 11) is 0. The Kier molecular flexibility index (Phi) is 6.46. The van der Waals surface area contributed by atoms with Crippen molar-refractivity contribution in [2.45, 2.75) is 13.5 Å². The highest BCUT2D eigenvalue weighted by atomic mass is 35.5. The van der Waals surface area contributed by atoms with Crippen LogP contribution in [0.1, 0.15) is 16.7 Å². The van der Waals surface area contributed by atoms with Crippen molar-refractivity contribution >= 4 is 52.0 Å². The molecule has 1 aliphatic rings. The van der Waals surface area contributed by atoms with Gasteiger partial charge in [0.15, 0.2) is 0 Å². The molecule has 1 aliphatic heterocycles. The van der Waals surface area contributed by atoms with Crippen LogP contribution in [0, 0.1) is 12.7 Å². The fourth-order valence-corrected chi connectivity index (χ4v) is 4.37. The van der Waals surface area contributed by atoms with Crippen molar-refractivity contribution in [3.8, 4) is 5.75 Å². The van der Waals surface area contributed by atoms with Crippen molar-refractivity contribution in [2.24, 2.45) is 0 Å². The molecular formula is C29H20ClFN2O4. The summed E-state index contributed by atoms with van der Waals surface area (Å²) < 4.78 is 19.7. The van der Waals surface area contributed by atoms with Gasteiger partial charge in [-0.3, -0.25) is 14.9 Å². The zero-order chi connectivity index (χ0) is 26.1. The minimum atomic E-state index is -0.863. The quantitative estimate of drug-likeness (QED) is 0.255. The van der Waals surface area contributed by atoms with Gasteiger partial charge in [-0.05, 0) is 65.2 Å². The fourth-order valence-electron chi connectivity index (χ4n) is 4.20. The zero-order valence-electron chi connectivity index (χ0n) is 19.6. The van der Waals surface area contributed by atoms with Crippen molar-refractivity contribution in [2.75, 3.05) is 4.90 Å². The van der Waals surface area contributed by atoms with E-state index in [9.17, 15) is 18.8 Å². The average Bonchev–Trinajstić information content (AvgIpc) is 2.88. The van der Waals surface area contributed by atoms with Crippen LogP contribution < -0.4 is 15.0 Å². The van der Waals surface area contributed by atoms with Gasteiger partial charge in [0.1, 0.15) is 23.7 Å². The van der Waals surface area contributed by atoms with Gasteiger partial charge in [-0.15, -0.1) is 0 Å². The largest absolute Gasteiger partial charge is 0.488 e. The highest BCUT2D eigenvalue weighted by Gasteiger charge is 2.38. The number of imide groups is 2. The molecule has 0 unspecified atom stereocenters. The summed E-state index contributed by atoms with van der Waals surface area (Å²) in [4.78, 5) is 40.0. The van der Waals surface area contributed by atoms with E-state index >= 15 is 0 Å². The minimum absolute atomic E-state index is 0.0682. The van der Waals surface area contributed by atoms with Gasteiger partial charge in [0.05, 0.1) is 5.69 Å². The standard InChI is InChI=1S/C29H20ClFN2O4/c1-17-24(30)10-5-11-25(17)33-28(35)23(27(34)32-29(33)36)15-22-21-9-3-2-7-19(21)12-13-26(22)37-16-18-6-4-8-20(31)14-18/h2-15H,16H2,1H3,(H,32,34,36)/b23-15+. The molecule has 6 nitrogen and oxygen atoms in total. The van der Waals surface area contributed by atoms with Gasteiger partial charge in [-0.1, -0.05) is 60.1 Å². The first-order valence-electron chi connectivity index (χ1n) is 11.4. The molecular weight excluding hydrogens is 495 g/mol. The zero-order valence-corrected chi connectivity index (χ0v) is 20.4. The van der Waals surface area contributed by atoms with E-state index in [1.54, 1.807) is 43.3 Å². The van der Waals surface area contributed by atoms with Gasteiger partial charge in [0.25, 0.3) is 11.8 Å². The van der Waals surface area contributed by atoms with E-state index in [-0.39, 0.29) is 23.7 Å². The van der Waals surface area contributed by atoms with Gasteiger partial charge >= 0.3 is 6.03 Å². The molecule has 0 bridgehead atoms. The number of nitrogens with zero attached hydrogens (tertiary/aromatic N) is 1. The number of carbonyl (C=O) groups excluding carboxylic acids is 3. The van der Waals surface area contributed by atoms with Crippen molar-refractivity contribution in [1.82, 2.24) is 5.32 Å². The molecule has 0 aromatic heterocycles. The van der Waals surface area contributed by atoms with E-state index < -0.39 is 17.8 Å². The summed E-state index contributed by atoms with van der Waals surface area (Å²) in [6.07, 6.45) is 1.42. The number of anilines is 1. The maximum atomic E-state index is 13.6. The molecule has 37 heavy (non-hydrogen) atoms. The highest BCUT2D eigenvalue weighted by molar-refractivity contribution is 6.40. The molecule has 0 aliphatic carbocycles. The van der Waals surface area contributed by atoms with Crippen LogP contribution in [0.3, 0.4) is 0 Å². The van der Waals surface area contributed by atoms with Crippen LogP contribution in [0.5, 0.6) is 5.75 Å². The third kappa shape index (κ3) is 4.69. The minimum Gasteiger partial charge on any atom is -0.488 e. The summed E-state index contributed by atoms with van der Waals surface area (Å²) in [6, 6.07) is 21.0. The Morgan fingerprint density at radius 3 is 2.57 bits per heavy atom. The molecule has 1 N–H and O–H groups in total. The lowest BCUT2D eigenvalue weighted by Crippen LogP contribution is -2.54. The molecule has 1 saturated heterocycles. The molecule has 0 saturated carbocycles. The van der Waals surface area contributed by atoms with Crippen molar-refractivity contribution in [3.05, 3.63) is 112 Å². The molecule has 184 valence electrons. The monoisotopic (exact) mass is 514 g/mol. The number of nitrogens with one attached hydrogen (secondary N) is 1. The van der Waals surface area contributed by atoms with Gasteiger partial charge in [0.2, 0.25) is 0 Å². The number of urea groups is 1. The van der Waals surface area contributed by atoms with Crippen LogP contribution in [0.2, 0.25) is 5.02 Å². The predicted octanol–water partition coefficient (Wildman–Crippen LogP) is 6.19. The smallest absolute Gasteiger partial charge is 0.335 e. The molecule has 4 amide bonds. The first-order chi connectivity index (χ1) is 17.8. The Labute approximate surface area is 216 Å². The van der Waals surface area contributed by atoms with Crippen LogP contribution in [0.15, 0.2) is 84.4 Å². The average molecular weight is 515 g/mol. The lowest BCUT2D eigenvalue weighted by atomic mass is 9.99. The van der Waals surface area contributed by atoms with E-state index in [0.29, 0.717) is 27.5 Å². The maximum Gasteiger partial charge on any atom is 0.335 e. The van der Waals surface area contributed by atoms with Crippen molar-refractivity contribution in [1.29, 1.82) is 0 Å². The van der Waals surface area contributed by atoms with E-state index in [1.165, 1.54) is 18.2 Å². The summed E-state index contributed by atoms with van der Waals surface area (Å²) >= 11 is 6.21. The normalized spacial score (nSPS) is 14.8. The fraction of sp³-hybridized carbons (Fsp3) is 0.0690. The summed E-state index contributed by atoms with van der Waals surface area (Å²) in [5.74, 6) is -1.61. The second-order valence-corrected chi connectivity index (χ2v) is 8.87. The number of hydrogen-bond donors (Lipinski definition) is 1. The second kappa shape index (κ2) is 9.87. The van der Waals surface area contributed by atoms with Crippen molar-refractivity contribution < 1.29 is 23.5 Å². The van der Waals surface area contributed by atoms with Crippen LogP contribution in [-0.4, -0.2) is 17.8 Å². The molecule has 4 aromatic carbocycles. The van der Waals surface area contributed by atoms with Gasteiger partial charge in [0, 0.05) is 10.6 Å². The van der Waals surface area contributed by atoms with Crippen LogP contribution >= 0.6 is 11.6 Å². The lowest BCUT2D eigenvalue weighted by molar-refractivity contribution is -0.122. The number of benzene rings is 4. The lowest BCUT2D eigenvalue weighted by Gasteiger charge is -2.28. The van der Waals surface area contributed by atoms with E-state index in [0.717, 1.165) is 15.7 Å². The number of ether oxygens (including phenoxy) is 1. The van der Waals surface area contributed by atoms with Crippen molar-refractivity contribution in [3.63, 3.8) is 0 Å². The number of hydrogen-bond acceptors (Lipinski definition) is 4. The Hall–Kier alpha value is -4.49. The molecule has 0 atom stereocenters. The molecule has 8 heteroatoms. The van der Waals surface area contributed by atoms with Gasteiger partial charge in [-0.25, -0.2) is 14.1 Å². The van der Waals surface area contributed by atoms with Crippen LogP contribution in [-0.2, 0) is 16.2 Å². The third-order valence-corrected chi connectivity index (χ3v) is 6.49. The van der Waals surface area contributed by atoms with Crippen LogP contribution in [0.4, 0.5) is 14.9 Å². The molecule has 5 rings (SSSR count). The Balaban J connectivity index is 1.60. The van der Waals surface area contributed by atoms with E-state index in [2.05, 4.69) is 5.32 Å². The number of barbiturate groups is 1. The number of amides is 4. The number of carbonyl (C=O) groups is 3. The molecule has 4 aromatic rings. The topological polar surface area (TPSA) is 75.7 Å². The Bertz CT molecular complexity index is 1620. The SMILES string of the molecule is Cc1c(Cl)cccc1N1C(=O)NC(=O)/C(=C\c2c(OCc3cccc(F)c3)ccc3ccccc23)C1=O. The number of fused-ring (bicyclic) bond motifs is 1. The summed E-state index contributed by atoms with van der Waals surface area (Å²) in [6.45, 7) is 1.75. The molecule has 0 radical (unpaired) electrons. The Morgan fingerprint density at radius 2 is 1.76 bits per heavy atom. The molecule has 1 fully saturated rings. The number of rotatable bonds is 5. The van der Waals surface area contributed by atoms with Gasteiger partial charge in [-0.2, -0.15) is 0 Å². The maximum absolute atomic E-state index is 13.6. The summed E-state index contributed by atoms with van der Waals surface area (Å²) in [5, 5.41) is 4.21. The number of halogens is 2.